The van der Waals surface area contributed by atoms with E-state index in [-0.39, 0.29) is 18.1 Å². The maximum atomic E-state index is 12.2. The Balaban J connectivity index is 1.67. The second kappa shape index (κ2) is 7.89. The number of nitrogens with zero attached hydrogens (tertiary/aromatic N) is 2. The molecule has 2 heterocycles. The number of amides is 1. The smallest absolute Gasteiger partial charge is 0.286 e. The second-order valence-electron chi connectivity index (χ2n) is 6.14. The first-order valence-electron chi connectivity index (χ1n) is 8.32. The number of amidine groups is 1. The lowest BCUT2D eigenvalue weighted by Gasteiger charge is -2.35. The summed E-state index contributed by atoms with van der Waals surface area (Å²) in [4.78, 5) is 19.2. The van der Waals surface area contributed by atoms with Crippen LogP contribution in [0.25, 0.3) is 6.08 Å². The molecule has 0 aliphatic carbocycles. The van der Waals surface area contributed by atoms with Crippen LogP contribution < -0.4 is 4.74 Å². The average molecular weight is 358 g/mol. The Labute approximate surface area is 152 Å². The zero-order chi connectivity index (χ0) is 17.8. The summed E-state index contributed by atoms with van der Waals surface area (Å²) in [6.45, 7) is 9.69. The van der Waals surface area contributed by atoms with Gasteiger partial charge in [0.05, 0.1) is 17.1 Å². The second-order valence-corrected chi connectivity index (χ2v) is 7.15. The highest BCUT2D eigenvalue weighted by Gasteiger charge is 2.30. The molecule has 2 unspecified atom stereocenters. The summed E-state index contributed by atoms with van der Waals surface area (Å²) in [7, 11) is 0. The van der Waals surface area contributed by atoms with Crippen molar-refractivity contribution in [3.8, 4) is 5.75 Å². The first-order valence-corrected chi connectivity index (χ1v) is 9.13. The Kier molecular flexibility index (Phi) is 5.60. The van der Waals surface area contributed by atoms with Crippen molar-refractivity contribution < 1.29 is 14.3 Å². The van der Waals surface area contributed by atoms with Crippen LogP contribution in [-0.2, 0) is 9.53 Å². The zero-order valence-electron chi connectivity index (χ0n) is 14.5. The van der Waals surface area contributed by atoms with Gasteiger partial charge in [0.25, 0.3) is 5.91 Å². The number of carbonyl (C=O) groups excluding carboxylic acids is 1. The number of carbonyl (C=O) groups is 1. The molecule has 0 radical (unpaired) electrons. The summed E-state index contributed by atoms with van der Waals surface area (Å²) < 4.78 is 11.2. The van der Waals surface area contributed by atoms with Gasteiger partial charge in [0.1, 0.15) is 12.4 Å². The van der Waals surface area contributed by atoms with Gasteiger partial charge < -0.3 is 14.4 Å². The Hall–Kier alpha value is -2.05. The Bertz CT molecular complexity index is 702. The van der Waals surface area contributed by atoms with E-state index in [0.717, 1.165) is 29.6 Å². The summed E-state index contributed by atoms with van der Waals surface area (Å²) in [6, 6.07) is 7.62. The summed E-state index contributed by atoms with van der Waals surface area (Å²) in [5.41, 5.74) is 0.946. The van der Waals surface area contributed by atoms with E-state index in [9.17, 15) is 4.79 Å². The van der Waals surface area contributed by atoms with Gasteiger partial charge >= 0.3 is 0 Å². The Morgan fingerprint density at radius 1 is 1.32 bits per heavy atom. The van der Waals surface area contributed by atoms with Crippen molar-refractivity contribution in [2.24, 2.45) is 4.99 Å². The van der Waals surface area contributed by atoms with Crippen molar-refractivity contribution in [3.05, 3.63) is 47.4 Å². The lowest BCUT2D eigenvalue weighted by Crippen LogP contribution is -2.47. The molecule has 2 aliphatic heterocycles. The molecular weight excluding hydrogens is 336 g/mol. The zero-order valence-corrected chi connectivity index (χ0v) is 15.3. The third kappa shape index (κ3) is 4.52. The van der Waals surface area contributed by atoms with Gasteiger partial charge in [-0.05, 0) is 49.4 Å². The number of aliphatic imine (C=N–C) groups is 1. The maximum absolute atomic E-state index is 12.2. The normalized spacial score (nSPS) is 25.2. The first kappa shape index (κ1) is 17.8. The summed E-state index contributed by atoms with van der Waals surface area (Å²) in [6.07, 6.45) is 3.85. The van der Waals surface area contributed by atoms with Gasteiger partial charge in [-0.3, -0.25) is 4.79 Å². The maximum Gasteiger partial charge on any atom is 0.286 e. The van der Waals surface area contributed by atoms with Crippen molar-refractivity contribution in [2.45, 2.75) is 26.1 Å². The standard InChI is InChI=1S/C19H22N2O3S/c1-4-9-23-16-7-5-15(6-8-16)10-17-18(22)20-19(25-17)21-11-13(2)24-14(3)12-21/h4-8,10,13-14H,1,9,11-12H2,2-3H3/b17-10-. The fraction of sp³-hybridized carbons (Fsp3) is 0.368. The summed E-state index contributed by atoms with van der Waals surface area (Å²) in [5.74, 6) is 0.597. The van der Waals surface area contributed by atoms with Crippen molar-refractivity contribution in [2.75, 3.05) is 19.7 Å². The minimum Gasteiger partial charge on any atom is -0.490 e. The molecular formula is C19H22N2O3S. The molecule has 1 aromatic rings. The SMILES string of the molecule is C=CCOc1ccc(/C=C2\SC(N3CC(C)OC(C)C3)=NC2=O)cc1. The number of benzene rings is 1. The topological polar surface area (TPSA) is 51.1 Å². The molecule has 3 rings (SSSR count). The number of hydrogen-bond acceptors (Lipinski definition) is 5. The molecule has 0 bridgehead atoms. The predicted octanol–water partition coefficient (Wildman–Crippen LogP) is 3.33. The minimum atomic E-state index is -0.182. The third-order valence-electron chi connectivity index (χ3n) is 3.85. The van der Waals surface area contributed by atoms with Crippen LogP contribution in [0.5, 0.6) is 5.75 Å². The lowest BCUT2D eigenvalue weighted by molar-refractivity contribution is -0.113. The van der Waals surface area contributed by atoms with Crippen LogP contribution in [-0.4, -0.2) is 47.9 Å². The Morgan fingerprint density at radius 2 is 2.00 bits per heavy atom. The van der Waals surface area contributed by atoms with Crippen molar-refractivity contribution >= 4 is 28.9 Å². The van der Waals surface area contributed by atoms with Gasteiger partial charge in [0, 0.05) is 13.1 Å². The van der Waals surface area contributed by atoms with Crippen LogP contribution in [0, 0.1) is 0 Å². The molecule has 2 atom stereocenters. The minimum absolute atomic E-state index is 0.137. The van der Waals surface area contributed by atoms with Crippen molar-refractivity contribution in [1.82, 2.24) is 4.90 Å². The fourth-order valence-corrected chi connectivity index (χ4v) is 3.77. The van der Waals surface area contributed by atoms with Crippen molar-refractivity contribution in [3.63, 3.8) is 0 Å². The molecule has 0 N–H and O–H groups in total. The van der Waals surface area contributed by atoms with Crippen LogP contribution in [0.2, 0.25) is 0 Å². The predicted molar refractivity (Wildman–Crippen MR) is 102 cm³/mol. The van der Waals surface area contributed by atoms with Crippen LogP contribution in [0.1, 0.15) is 19.4 Å². The van der Waals surface area contributed by atoms with E-state index in [1.807, 2.05) is 44.2 Å². The van der Waals surface area contributed by atoms with E-state index in [0.29, 0.717) is 11.5 Å². The average Bonchev–Trinajstić information content (AvgIpc) is 2.94. The molecule has 0 spiro atoms. The number of thioether (sulfide) groups is 1. The van der Waals surface area contributed by atoms with E-state index in [2.05, 4.69) is 16.5 Å². The van der Waals surface area contributed by atoms with Crippen LogP contribution in [0.15, 0.2) is 46.8 Å². The number of rotatable bonds is 4. The van der Waals surface area contributed by atoms with E-state index in [1.165, 1.54) is 11.8 Å². The first-order chi connectivity index (χ1) is 12.0. The van der Waals surface area contributed by atoms with E-state index < -0.39 is 0 Å². The quantitative estimate of drug-likeness (QED) is 0.610. The van der Waals surface area contributed by atoms with Gasteiger partial charge in [-0.15, -0.1) is 0 Å². The molecule has 1 fully saturated rings. The molecule has 1 saturated heterocycles. The molecule has 25 heavy (non-hydrogen) atoms. The van der Waals surface area contributed by atoms with Gasteiger partial charge in [0.15, 0.2) is 5.17 Å². The molecule has 1 aromatic carbocycles. The summed E-state index contributed by atoms with van der Waals surface area (Å²) >= 11 is 1.43. The Morgan fingerprint density at radius 3 is 2.64 bits per heavy atom. The molecule has 6 heteroatoms. The lowest BCUT2D eigenvalue weighted by atomic mass is 10.2. The van der Waals surface area contributed by atoms with Crippen LogP contribution in [0.3, 0.4) is 0 Å². The number of hydrogen-bond donors (Lipinski definition) is 0. The highest BCUT2D eigenvalue weighted by Crippen LogP contribution is 2.31. The van der Waals surface area contributed by atoms with Gasteiger partial charge in [-0.25, -0.2) is 0 Å². The van der Waals surface area contributed by atoms with E-state index in [4.69, 9.17) is 9.47 Å². The highest BCUT2D eigenvalue weighted by atomic mass is 32.2. The van der Waals surface area contributed by atoms with E-state index >= 15 is 0 Å². The highest BCUT2D eigenvalue weighted by molar-refractivity contribution is 8.18. The molecule has 1 amide bonds. The molecule has 0 aromatic heterocycles. The third-order valence-corrected chi connectivity index (χ3v) is 4.89. The monoisotopic (exact) mass is 358 g/mol. The van der Waals surface area contributed by atoms with Crippen LogP contribution in [0.4, 0.5) is 0 Å². The largest absolute Gasteiger partial charge is 0.490 e. The van der Waals surface area contributed by atoms with Gasteiger partial charge in [0.2, 0.25) is 0 Å². The van der Waals surface area contributed by atoms with Gasteiger partial charge in [-0.1, -0.05) is 24.8 Å². The van der Waals surface area contributed by atoms with E-state index in [1.54, 1.807) is 6.08 Å². The summed E-state index contributed by atoms with van der Waals surface area (Å²) in [5, 5.41) is 0.768. The number of ether oxygens (including phenoxy) is 2. The number of morpholine rings is 1. The molecule has 0 saturated carbocycles. The molecule has 5 nitrogen and oxygen atoms in total. The molecule has 132 valence electrons. The van der Waals surface area contributed by atoms with Crippen molar-refractivity contribution in [1.29, 1.82) is 0 Å². The fourth-order valence-electron chi connectivity index (χ4n) is 2.83. The molecule has 2 aliphatic rings. The van der Waals surface area contributed by atoms with Gasteiger partial charge in [-0.2, -0.15) is 4.99 Å². The van der Waals surface area contributed by atoms with Crippen LogP contribution >= 0.6 is 11.8 Å².